The largest absolute Gasteiger partial charge is 0.494 e. The van der Waals surface area contributed by atoms with Gasteiger partial charge in [0.25, 0.3) is 11.8 Å². The summed E-state index contributed by atoms with van der Waals surface area (Å²) in [5.41, 5.74) is 15.1. The number of hydrogen-bond donors (Lipinski definition) is 4. The van der Waals surface area contributed by atoms with Gasteiger partial charge in [0.2, 0.25) is 23.7 Å². The van der Waals surface area contributed by atoms with Gasteiger partial charge in [0.05, 0.1) is 29.6 Å². The first-order valence-corrected chi connectivity index (χ1v) is 16.3. The molecule has 268 valence electrons. The monoisotopic (exact) mass is 707 g/mol. The third-order valence-corrected chi connectivity index (χ3v) is 8.24. The first kappa shape index (κ1) is 35.0. The lowest BCUT2D eigenvalue weighted by Crippen LogP contribution is -2.20. The number of fused-ring (bicyclic) bond motifs is 2. The van der Waals surface area contributed by atoms with Gasteiger partial charge in [-0.3, -0.25) is 43.7 Å². The van der Waals surface area contributed by atoms with Gasteiger partial charge in [0.1, 0.15) is 28.2 Å². The van der Waals surface area contributed by atoms with E-state index in [1.54, 1.807) is 44.5 Å². The summed E-state index contributed by atoms with van der Waals surface area (Å²) in [4.78, 5) is 64.5. The van der Waals surface area contributed by atoms with Crippen LogP contribution in [0.3, 0.4) is 0 Å². The first-order chi connectivity index (χ1) is 24.9. The van der Waals surface area contributed by atoms with Crippen molar-refractivity contribution < 1.29 is 23.9 Å². The fourth-order valence-electron chi connectivity index (χ4n) is 5.84. The van der Waals surface area contributed by atoms with E-state index in [0.717, 1.165) is 0 Å². The molecule has 0 fully saturated rings. The molecule has 6 aromatic rings. The molecule has 6 N–H and O–H groups in total. The van der Waals surface area contributed by atoms with Crippen molar-refractivity contribution in [3.63, 3.8) is 0 Å². The van der Waals surface area contributed by atoms with Gasteiger partial charge in [-0.15, -0.1) is 0 Å². The molecule has 18 nitrogen and oxygen atoms in total. The normalized spacial score (nSPS) is 11.5. The Labute approximate surface area is 296 Å². The predicted octanol–water partition coefficient (Wildman–Crippen LogP) is 2.80. The molecule has 0 aliphatic rings. The molecule has 0 unspecified atom stereocenters. The van der Waals surface area contributed by atoms with E-state index < -0.39 is 23.6 Å². The van der Waals surface area contributed by atoms with E-state index >= 15 is 0 Å². The number of carbonyl (C=O) groups is 4. The Morgan fingerprint density at radius 3 is 1.81 bits per heavy atom. The van der Waals surface area contributed by atoms with Crippen molar-refractivity contribution in [3.8, 4) is 5.75 Å². The van der Waals surface area contributed by atoms with Crippen LogP contribution in [0.25, 0.3) is 22.2 Å². The Hall–Kier alpha value is -6.85. The highest BCUT2D eigenvalue weighted by atomic mass is 16.5. The molecule has 0 aliphatic heterocycles. The van der Waals surface area contributed by atoms with Gasteiger partial charge in [-0.05, 0) is 58.0 Å². The summed E-state index contributed by atoms with van der Waals surface area (Å²) in [6.07, 6.45) is 4.99. The molecule has 0 bridgehead atoms. The number of nitrogens with two attached hydrogens (primary N) is 2. The topological polar surface area (TPSA) is 238 Å². The van der Waals surface area contributed by atoms with Gasteiger partial charge in [-0.25, -0.2) is 15.0 Å². The number of nitrogens with zero attached hydrogens (tertiary/aromatic N) is 9. The van der Waals surface area contributed by atoms with Crippen molar-refractivity contribution in [2.75, 3.05) is 17.7 Å². The number of amides is 4. The van der Waals surface area contributed by atoms with E-state index in [-0.39, 0.29) is 36.1 Å². The Kier molecular flexibility index (Phi) is 9.54. The lowest BCUT2D eigenvalue weighted by atomic mass is 10.1. The molecule has 0 saturated heterocycles. The molecule has 0 saturated carbocycles. The van der Waals surface area contributed by atoms with E-state index in [2.05, 4.69) is 35.8 Å². The summed E-state index contributed by atoms with van der Waals surface area (Å²) < 4.78 is 12.2. The molecule has 0 aliphatic carbocycles. The zero-order valence-electron chi connectivity index (χ0n) is 29.2. The van der Waals surface area contributed by atoms with Crippen LogP contribution in [0.5, 0.6) is 5.75 Å². The maximum atomic E-state index is 13.5. The lowest BCUT2D eigenvalue weighted by Gasteiger charge is -2.11. The van der Waals surface area contributed by atoms with Crippen LogP contribution in [0, 0.1) is 13.8 Å². The Morgan fingerprint density at radius 1 is 0.750 bits per heavy atom. The van der Waals surface area contributed by atoms with Crippen LogP contribution in [-0.4, -0.2) is 74.4 Å². The Morgan fingerprint density at radius 2 is 1.27 bits per heavy atom. The van der Waals surface area contributed by atoms with Crippen molar-refractivity contribution in [1.82, 2.24) is 43.6 Å². The van der Waals surface area contributed by atoms with E-state index in [9.17, 15) is 19.2 Å². The van der Waals surface area contributed by atoms with E-state index in [0.29, 0.717) is 63.8 Å². The maximum absolute atomic E-state index is 13.5. The number of allylic oxidation sites excluding steroid dienone is 2. The van der Waals surface area contributed by atoms with Crippen molar-refractivity contribution in [1.29, 1.82) is 0 Å². The predicted molar refractivity (Wildman–Crippen MR) is 191 cm³/mol. The van der Waals surface area contributed by atoms with Crippen LogP contribution in [-0.2, 0) is 26.2 Å². The second-order valence-corrected chi connectivity index (χ2v) is 11.8. The number of pyridine rings is 1. The minimum absolute atomic E-state index is 0.164. The molecule has 52 heavy (non-hydrogen) atoms. The number of primary amides is 2. The van der Waals surface area contributed by atoms with E-state index in [4.69, 9.17) is 16.2 Å². The fraction of sp³-hybridized carbons (Fsp3) is 0.265. The van der Waals surface area contributed by atoms with Gasteiger partial charge in [-0.2, -0.15) is 10.2 Å². The Balaban J connectivity index is 1.36. The second kappa shape index (κ2) is 14.2. The maximum Gasteiger partial charge on any atom is 0.276 e. The average molecular weight is 708 g/mol. The zero-order chi connectivity index (χ0) is 37.3. The highest BCUT2D eigenvalue weighted by Crippen LogP contribution is 2.31. The van der Waals surface area contributed by atoms with Gasteiger partial charge in [0.15, 0.2) is 5.65 Å². The van der Waals surface area contributed by atoms with E-state index in [1.807, 2.05) is 26.0 Å². The van der Waals surface area contributed by atoms with Crippen LogP contribution in [0.2, 0.25) is 0 Å². The number of imidazole rings is 2. The number of aromatic nitrogens is 9. The molecule has 5 heterocycles. The minimum atomic E-state index is -0.667. The van der Waals surface area contributed by atoms with Crippen LogP contribution >= 0.6 is 0 Å². The molecule has 0 radical (unpaired) electrons. The molecular formula is C34H37N13O5. The number of aryl methyl sites for hydroxylation is 4. The molecule has 6 rings (SSSR count). The number of nitrogens with one attached hydrogen (secondary N) is 2. The molecule has 0 atom stereocenters. The smallest absolute Gasteiger partial charge is 0.276 e. The molecule has 18 heteroatoms. The number of carbonyl (C=O) groups excluding carboxylic acids is 4. The van der Waals surface area contributed by atoms with Gasteiger partial charge >= 0.3 is 0 Å². The van der Waals surface area contributed by atoms with Crippen LogP contribution in [0.1, 0.15) is 66.9 Å². The third-order valence-electron chi connectivity index (χ3n) is 8.24. The SMILES string of the molecule is CCn1nc(C)cc1C(=O)Nc1nc2cc(C(N)=O)cnc2n1C/C=C/Cn1c(NC(=O)c2cc(C)nn2CC)nc2cc(C(N)=O)cc(OC)c21. The second-order valence-electron chi connectivity index (χ2n) is 11.8. The van der Waals surface area contributed by atoms with Crippen LogP contribution < -0.4 is 26.8 Å². The number of ether oxygens (including phenoxy) is 1. The van der Waals surface area contributed by atoms with Gasteiger partial charge < -0.3 is 20.8 Å². The van der Waals surface area contributed by atoms with Crippen molar-refractivity contribution in [3.05, 3.63) is 82.6 Å². The molecular weight excluding hydrogens is 670 g/mol. The Bertz CT molecular complexity index is 2410. The molecule has 0 spiro atoms. The highest BCUT2D eigenvalue weighted by Gasteiger charge is 2.22. The molecule has 5 aromatic heterocycles. The van der Waals surface area contributed by atoms with Crippen molar-refractivity contribution in [2.45, 2.75) is 53.9 Å². The van der Waals surface area contributed by atoms with Gasteiger partial charge in [-0.1, -0.05) is 12.2 Å². The average Bonchev–Trinajstić information content (AvgIpc) is 3.88. The number of anilines is 2. The summed E-state index contributed by atoms with van der Waals surface area (Å²) >= 11 is 0. The van der Waals surface area contributed by atoms with Crippen molar-refractivity contribution >= 4 is 57.7 Å². The number of methoxy groups -OCH3 is 1. The standard InChI is InChI=1S/C34H37N13O5/c1-6-46-24(12-18(3)42-46)31(50)40-33-38-22-14-20(28(35)48)16-26(52-5)27(22)44(33)10-8-9-11-45-30-23(15-21(17-37-30)29(36)49)39-34(45)41-32(51)25-13-19(4)43-47(25)7-2/h8-9,12-17H,6-7,10-11H2,1-5H3,(H2,35,48)(H2,36,49)(H,38,40,50)(H,39,41,51)/b9-8+. The number of hydrogen-bond acceptors (Lipinski definition) is 10. The summed E-state index contributed by atoms with van der Waals surface area (Å²) in [6, 6.07) is 7.91. The number of benzene rings is 1. The van der Waals surface area contributed by atoms with Crippen molar-refractivity contribution in [2.24, 2.45) is 11.5 Å². The van der Waals surface area contributed by atoms with Crippen LogP contribution in [0.4, 0.5) is 11.9 Å². The van der Waals surface area contributed by atoms with E-state index in [1.165, 1.54) is 31.5 Å². The first-order valence-electron chi connectivity index (χ1n) is 16.3. The highest BCUT2D eigenvalue weighted by molar-refractivity contribution is 6.05. The number of rotatable bonds is 13. The zero-order valence-corrected chi connectivity index (χ0v) is 29.2. The fourth-order valence-corrected chi connectivity index (χ4v) is 5.84. The lowest BCUT2D eigenvalue weighted by molar-refractivity contribution is 0.0991. The quantitative estimate of drug-likeness (QED) is 0.128. The third kappa shape index (κ3) is 6.68. The summed E-state index contributed by atoms with van der Waals surface area (Å²) in [5.74, 6) is -1.48. The molecule has 4 amide bonds. The summed E-state index contributed by atoms with van der Waals surface area (Å²) in [7, 11) is 1.46. The van der Waals surface area contributed by atoms with Crippen LogP contribution in [0.15, 0.2) is 48.7 Å². The summed E-state index contributed by atoms with van der Waals surface area (Å²) in [5, 5.41) is 14.5. The minimum Gasteiger partial charge on any atom is -0.494 e. The molecule has 1 aromatic carbocycles. The van der Waals surface area contributed by atoms with Gasteiger partial charge in [0, 0.05) is 37.9 Å². The summed E-state index contributed by atoms with van der Waals surface area (Å²) in [6.45, 7) is 8.71.